The molecule has 9 heteroatoms. The van der Waals surface area contributed by atoms with Gasteiger partial charge in [0, 0.05) is 10.7 Å². The normalized spacial score (nSPS) is 13.0. The SMILES string of the molecule is Cc1nc2ccc(S(=O)(=O)N[C@@H](C(=O)Nc3ccc(Cl)cc3)C(C)C)cc2s1. The van der Waals surface area contributed by atoms with Crippen molar-refractivity contribution in [1.29, 1.82) is 0 Å². The third kappa shape index (κ3) is 4.70. The van der Waals surface area contributed by atoms with E-state index in [1.54, 1.807) is 50.2 Å². The van der Waals surface area contributed by atoms with Crippen molar-refractivity contribution in [2.75, 3.05) is 5.32 Å². The lowest BCUT2D eigenvalue weighted by atomic mass is 10.0. The predicted octanol–water partition coefficient (Wildman–Crippen LogP) is 4.20. The highest BCUT2D eigenvalue weighted by Crippen LogP contribution is 2.25. The van der Waals surface area contributed by atoms with E-state index in [9.17, 15) is 13.2 Å². The Bertz CT molecular complexity index is 1110. The number of hydrogen-bond acceptors (Lipinski definition) is 5. The number of aromatic nitrogens is 1. The molecule has 28 heavy (non-hydrogen) atoms. The number of nitrogens with zero attached hydrogens (tertiary/aromatic N) is 1. The molecular weight excluding hydrogens is 418 g/mol. The number of hydrogen-bond donors (Lipinski definition) is 2. The number of amides is 1. The number of rotatable bonds is 6. The van der Waals surface area contributed by atoms with Crippen LogP contribution in [0.1, 0.15) is 18.9 Å². The quantitative estimate of drug-likeness (QED) is 0.604. The number of thiazole rings is 1. The summed E-state index contributed by atoms with van der Waals surface area (Å²) in [4.78, 5) is 17.1. The highest BCUT2D eigenvalue weighted by molar-refractivity contribution is 7.89. The molecule has 2 aromatic carbocycles. The molecule has 0 saturated heterocycles. The number of fused-ring (bicyclic) bond motifs is 1. The van der Waals surface area contributed by atoms with Crippen molar-refractivity contribution in [3.8, 4) is 0 Å². The number of carbonyl (C=O) groups is 1. The third-order valence-electron chi connectivity index (χ3n) is 4.12. The summed E-state index contributed by atoms with van der Waals surface area (Å²) in [6, 6.07) is 10.4. The van der Waals surface area contributed by atoms with Gasteiger partial charge < -0.3 is 5.32 Å². The zero-order valence-electron chi connectivity index (χ0n) is 15.6. The first-order valence-corrected chi connectivity index (χ1v) is 11.3. The Hall–Kier alpha value is -2.00. The second-order valence-electron chi connectivity index (χ2n) is 6.70. The Morgan fingerprint density at radius 2 is 1.82 bits per heavy atom. The number of aryl methyl sites for hydroxylation is 1. The van der Waals surface area contributed by atoms with Crippen LogP contribution in [-0.2, 0) is 14.8 Å². The van der Waals surface area contributed by atoms with E-state index in [-0.39, 0.29) is 10.8 Å². The van der Waals surface area contributed by atoms with Crippen molar-refractivity contribution >= 4 is 54.8 Å². The first-order chi connectivity index (χ1) is 13.2. The average molecular weight is 438 g/mol. The molecule has 0 bridgehead atoms. The molecule has 1 aromatic heterocycles. The van der Waals surface area contributed by atoms with Crippen molar-refractivity contribution < 1.29 is 13.2 Å². The summed E-state index contributed by atoms with van der Waals surface area (Å²) in [5, 5.41) is 4.14. The number of anilines is 1. The lowest BCUT2D eigenvalue weighted by Crippen LogP contribution is -2.47. The average Bonchev–Trinajstić information content (AvgIpc) is 3.00. The minimum Gasteiger partial charge on any atom is -0.325 e. The van der Waals surface area contributed by atoms with Crippen LogP contribution in [-0.4, -0.2) is 25.4 Å². The van der Waals surface area contributed by atoms with Crippen LogP contribution in [0.3, 0.4) is 0 Å². The molecular formula is C19H20ClN3O3S2. The molecule has 0 unspecified atom stereocenters. The molecule has 0 saturated carbocycles. The van der Waals surface area contributed by atoms with Gasteiger partial charge in [0.1, 0.15) is 6.04 Å². The summed E-state index contributed by atoms with van der Waals surface area (Å²) in [6.07, 6.45) is 0. The fraction of sp³-hybridized carbons (Fsp3) is 0.263. The molecule has 1 amide bonds. The lowest BCUT2D eigenvalue weighted by molar-refractivity contribution is -0.118. The minimum absolute atomic E-state index is 0.105. The van der Waals surface area contributed by atoms with Gasteiger partial charge in [-0.3, -0.25) is 4.79 Å². The van der Waals surface area contributed by atoms with Crippen LogP contribution in [0.15, 0.2) is 47.4 Å². The van der Waals surface area contributed by atoms with E-state index in [1.165, 1.54) is 17.4 Å². The molecule has 0 aliphatic carbocycles. The van der Waals surface area contributed by atoms with Gasteiger partial charge in [0.25, 0.3) is 0 Å². The van der Waals surface area contributed by atoms with Gasteiger partial charge in [-0.05, 0) is 55.3 Å². The topological polar surface area (TPSA) is 88.2 Å². The molecule has 1 heterocycles. The zero-order valence-corrected chi connectivity index (χ0v) is 18.0. The molecule has 0 radical (unpaired) electrons. The molecule has 0 spiro atoms. The molecule has 6 nitrogen and oxygen atoms in total. The minimum atomic E-state index is -3.88. The first kappa shape index (κ1) is 20.7. The Balaban J connectivity index is 1.83. The van der Waals surface area contributed by atoms with Crippen LogP contribution in [0.5, 0.6) is 0 Å². The van der Waals surface area contributed by atoms with Gasteiger partial charge in [-0.15, -0.1) is 11.3 Å². The van der Waals surface area contributed by atoms with Crippen molar-refractivity contribution in [2.45, 2.75) is 31.7 Å². The van der Waals surface area contributed by atoms with E-state index in [0.29, 0.717) is 10.7 Å². The maximum absolute atomic E-state index is 12.9. The van der Waals surface area contributed by atoms with Crippen LogP contribution >= 0.6 is 22.9 Å². The zero-order chi connectivity index (χ0) is 20.5. The standard InChI is InChI=1S/C19H20ClN3O3S2/c1-11(2)18(19(24)22-14-6-4-13(20)5-7-14)23-28(25,26)15-8-9-16-17(10-15)27-12(3)21-16/h4-11,18,23H,1-3H3,(H,22,24)/t18-/m1/s1. The van der Waals surface area contributed by atoms with Crippen LogP contribution < -0.4 is 10.0 Å². The number of nitrogens with one attached hydrogen (secondary N) is 2. The van der Waals surface area contributed by atoms with Crippen LogP contribution in [0, 0.1) is 12.8 Å². The maximum atomic E-state index is 12.9. The van der Waals surface area contributed by atoms with E-state index in [4.69, 9.17) is 11.6 Å². The number of sulfonamides is 1. The van der Waals surface area contributed by atoms with Crippen LogP contribution in [0.25, 0.3) is 10.2 Å². The van der Waals surface area contributed by atoms with Crippen molar-refractivity contribution in [3.05, 3.63) is 52.5 Å². The summed E-state index contributed by atoms with van der Waals surface area (Å²) < 4.78 is 29.1. The van der Waals surface area contributed by atoms with Gasteiger partial charge in [0.05, 0.1) is 20.1 Å². The number of carbonyl (C=O) groups excluding carboxylic acids is 1. The van der Waals surface area contributed by atoms with Gasteiger partial charge in [-0.2, -0.15) is 4.72 Å². The highest BCUT2D eigenvalue weighted by Gasteiger charge is 2.28. The van der Waals surface area contributed by atoms with Gasteiger partial charge in [0.15, 0.2) is 0 Å². The third-order valence-corrected chi connectivity index (χ3v) is 6.74. The Morgan fingerprint density at radius 1 is 1.14 bits per heavy atom. The van der Waals surface area contributed by atoms with E-state index in [0.717, 1.165) is 15.2 Å². The Morgan fingerprint density at radius 3 is 2.46 bits per heavy atom. The summed E-state index contributed by atoms with van der Waals surface area (Å²) in [5.41, 5.74) is 1.29. The Labute approximate surface area is 173 Å². The van der Waals surface area contributed by atoms with Crippen molar-refractivity contribution in [1.82, 2.24) is 9.71 Å². The van der Waals surface area contributed by atoms with Gasteiger partial charge in [-0.25, -0.2) is 13.4 Å². The van der Waals surface area contributed by atoms with Crippen LogP contribution in [0.4, 0.5) is 5.69 Å². The van der Waals surface area contributed by atoms with Crippen molar-refractivity contribution in [2.24, 2.45) is 5.92 Å². The van der Waals surface area contributed by atoms with E-state index in [2.05, 4.69) is 15.0 Å². The number of halogens is 1. The predicted molar refractivity (Wildman–Crippen MR) is 113 cm³/mol. The van der Waals surface area contributed by atoms with Crippen LogP contribution in [0.2, 0.25) is 5.02 Å². The fourth-order valence-electron chi connectivity index (χ4n) is 2.67. The molecule has 2 N–H and O–H groups in total. The summed E-state index contributed by atoms with van der Waals surface area (Å²) in [5.74, 6) is -0.688. The molecule has 1 atom stereocenters. The van der Waals surface area contributed by atoms with Gasteiger partial charge in [-0.1, -0.05) is 25.4 Å². The smallest absolute Gasteiger partial charge is 0.242 e. The number of benzene rings is 2. The second kappa shape index (κ2) is 8.16. The summed E-state index contributed by atoms with van der Waals surface area (Å²) in [6.45, 7) is 5.43. The second-order valence-corrected chi connectivity index (χ2v) is 10.1. The fourth-order valence-corrected chi connectivity index (χ4v) is 5.10. The largest absolute Gasteiger partial charge is 0.325 e. The summed E-state index contributed by atoms with van der Waals surface area (Å²) in [7, 11) is -3.88. The molecule has 0 aliphatic heterocycles. The highest BCUT2D eigenvalue weighted by atomic mass is 35.5. The van der Waals surface area contributed by atoms with Crippen molar-refractivity contribution in [3.63, 3.8) is 0 Å². The van der Waals surface area contributed by atoms with Gasteiger partial charge in [0.2, 0.25) is 15.9 Å². The maximum Gasteiger partial charge on any atom is 0.242 e. The Kier molecular flexibility index (Phi) is 6.04. The molecule has 0 aliphatic rings. The van der Waals surface area contributed by atoms with E-state index in [1.807, 2.05) is 6.92 Å². The lowest BCUT2D eigenvalue weighted by Gasteiger charge is -2.21. The first-order valence-electron chi connectivity index (χ1n) is 8.61. The van der Waals surface area contributed by atoms with Gasteiger partial charge >= 0.3 is 0 Å². The molecule has 3 aromatic rings. The molecule has 148 valence electrons. The molecule has 3 rings (SSSR count). The van der Waals surface area contributed by atoms with E-state index >= 15 is 0 Å². The molecule has 0 fully saturated rings. The monoisotopic (exact) mass is 437 g/mol. The van der Waals surface area contributed by atoms with E-state index < -0.39 is 22.0 Å². The summed E-state index contributed by atoms with van der Waals surface area (Å²) >= 11 is 7.27.